The van der Waals surface area contributed by atoms with E-state index >= 15 is 0 Å². The lowest BCUT2D eigenvalue weighted by molar-refractivity contribution is 0.241. The summed E-state index contributed by atoms with van der Waals surface area (Å²) in [5, 5.41) is 0. The van der Waals surface area contributed by atoms with Crippen molar-refractivity contribution in [2.45, 2.75) is 65.6 Å². The lowest BCUT2D eigenvalue weighted by atomic mass is 9.82. The Hall–Kier alpha value is -0.560. The first-order chi connectivity index (χ1) is 7.49. The van der Waals surface area contributed by atoms with Gasteiger partial charge in [0.1, 0.15) is 0 Å². The molecule has 2 aliphatic rings. The maximum atomic E-state index is 5.84. The highest BCUT2D eigenvalue weighted by atomic mass is 16.6. The van der Waals surface area contributed by atoms with Gasteiger partial charge in [-0.1, -0.05) is 37.1 Å². The van der Waals surface area contributed by atoms with E-state index in [-0.39, 0.29) is 0 Å². The van der Waals surface area contributed by atoms with E-state index in [0.29, 0.717) is 17.6 Å². The second-order valence-electron chi connectivity index (χ2n) is 6.13. The maximum absolute atomic E-state index is 5.84. The summed E-state index contributed by atoms with van der Waals surface area (Å²) in [5.74, 6) is 0. The van der Waals surface area contributed by atoms with Crippen molar-refractivity contribution in [3.63, 3.8) is 0 Å². The molecule has 0 N–H and O–H groups in total. The van der Waals surface area contributed by atoms with Crippen LogP contribution in [0.15, 0.2) is 23.3 Å². The van der Waals surface area contributed by atoms with E-state index in [1.54, 1.807) is 0 Å². The lowest BCUT2D eigenvalue weighted by Crippen LogP contribution is -2.20. The summed E-state index contributed by atoms with van der Waals surface area (Å²) in [4.78, 5) is 0. The molecule has 1 saturated heterocycles. The normalized spacial score (nSPS) is 40.8. The van der Waals surface area contributed by atoms with Crippen molar-refractivity contribution < 1.29 is 4.74 Å². The highest BCUT2D eigenvalue weighted by molar-refractivity contribution is 5.12. The van der Waals surface area contributed by atoms with Crippen LogP contribution in [0.2, 0.25) is 0 Å². The van der Waals surface area contributed by atoms with Crippen LogP contribution in [0.4, 0.5) is 0 Å². The van der Waals surface area contributed by atoms with Gasteiger partial charge in [0.05, 0.1) is 12.2 Å². The Kier molecular flexibility index (Phi) is 3.25. The van der Waals surface area contributed by atoms with Crippen LogP contribution >= 0.6 is 0 Å². The van der Waals surface area contributed by atoms with Crippen LogP contribution in [0, 0.1) is 5.41 Å². The standard InChI is InChI=1S/C15H24O/c1-11-6-5-7-12(2)10-13-14(16-13)15(3,4)9-8-11/h7-8,13-14H,5-6,9-10H2,1-4H3/b11-8-,12-7-. The van der Waals surface area contributed by atoms with Gasteiger partial charge < -0.3 is 4.74 Å². The molecule has 0 spiro atoms. The summed E-state index contributed by atoms with van der Waals surface area (Å²) in [6.07, 6.45) is 10.4. The van der Waals surface area contributed by atoms with Gasteiger partial charge in [0.2, 0.25) is 0 Å². The average molecular weight is 220 g/mol. The number of hydrogen-bond acceptors (Lipinski definition) is 1. The van der Waals surface area contributed by atoms with Crippen molar-refractivity contribution in [2.75, 3.05) is 0 Å². The number of epoxide rings is 1. The molecule has 1 fully saturated rings. The summed E-state index contributed by atoms with van der Waals surface area (Å²) in [5.41, 5.74) is 3.32. The Labute approximate surface area is 99.6 Å². The van der Waals surface area contributed by atoms with Gasteiger partial charge in [-0.3, -0.25) is 0 Å². The first kappa shape index (κ1) is 11.9. The fourth-order valence-corrected chi connectivity index (χ4v) is 2.59. The number of allylic oxidation sites excluding steroid dienone is 3. The van der Waals surface area contributed by atoms with Gasteiger partial charge in [-0.25, -0.2) is 0 Å². The molecule has 1 heteroatoms. The Morgan fingerprint density at radius 3 is 2.69 bits per heavy atom. The fraction of sp³-hybridized carbons (Fsp3) is 0.733. The highest BCUT2D eigenvalue weighted by Gasteiger charge is 2.48. The van der Waals surface area contributed by atoms with E-state index in [9.17, 15) is 0 Å². The molecule has 1 nitrogen and oxygen atoms in total. The van der Waals surface area contributed by atoms with Gasteiger partial charge in [-0.05, 0) is 44.9 Å². The number of hydrogen-bond donors (Lipinski definition) is 0. The molecule has 2 atom stereocenters. The Bertz CT molecular complexity index is 322. The van der Waals surface area contributed by atoms with Gasteiger partial charge in [-0.2, -0.15) is 0 Å². The zero-order valence-electron chi connectivity index (χ0n) is 11.0. The Morgan fingerprint density at radius 2 is 1.94 bits per heavy atom. The van der Waals surface area contributed by atoms with Crippen LogP contribution in [0.1, 0.15) is 53.4 Å². The predicted molar refractivity (Wildman–Crippen MR) is 68.4 cm³/mol. The fourth-order valence-electron chi connectivity index (χ4n) is 2.59. The van der Waals surface area contributed by atoms with Crippen LogP contribution < -0.4 is 0 Å². The molecule has 90 valence electrons. The summed E-state index contributed by atoms with van der Waals surface area (Å²) in [6, 6.07) is 0. The Balaban J connectivity index is 2.12. The van der Waals surface area contributed by atoms with Crippen LogP contribution in [0.5, 0.6) is 0 Å². The van der Waals surface area contributed by atoms with Crippen LogP contribution in [-0.2, 0) is 4.74 Å². The lowest BCUT2D eigenvalue weighted by Gasteiger charge is -2.20. The third kappa shape index (κ3) is 2.76. The van der Waals surface area contributed by atoms with E-state index in [1.165, 1.54) is 24.0 Å². The van der Waals surface area contributed by atoms with Gasteiger partial charge in [0.15, 0.2) is 0 Å². The first-order valence-electron chi connectivity index (χ1n) is 6.46. The minimum Gasteiger partial charge on any atom is -0.369 e. The van der Waals surface area contributed by atoms with Crippen molar-refractivity contribution in [3.05, 3.63) is 23.3 Å². The number of rotatable bonds is 0. The van der Waals surface area contributed by atoms with E-state index in [0.717, 1.165) is 12.8 Å². The van der Waals surface area contributed by atoms with Crippen LogP contribution in [-0.4, -0.2) is 12.2 Å². The average Bonchev–Trinajstić information content (AvgIpc) is 2.94. The highest BCUT2D eigenvalue weighted by Crippen LogP contribution is 2.44. The zero-order chi connectivity index (χ0) is 11.8. The second-order valence-corrected chi connectivity index (χ2v) is 6.13. The maximum Gasteiger partial charge on any atom is 0.0898 e. The molecule has 0 radical (unpaired) electrons. The molecule has 0 amide bonds. The largest absolute Gasteiger partial charge is 0.369 e. The molecule has 0 bridgehead atoms. The van der Waals surface area contributed by atoms with E-state index in [2.05, 4.69) is 39.8 Å². The molecule has 0 saturated carbocycles. The minimum absolute atomic E-state index is 0.302. The summed E-state index contributed by atoms with van der Waals surface area (Å²) < 4.78 is 5.84. The molecule has 0 aromatic rings. The smallest absolute Gasteiger partial charge is 0.0898 e. The van der Waals surface area contributed by atoms with Crippen molar-refractivity contribution in [1.82, 2.24) is 0 Å². The van der Waals surface area contributed by atoms with E-state index in [4.69, 9.17) is 4.74 Å². The Morgan fingerprint density at radius 1 is 1.19 bits per heavy atom. The summed E-state index contributed by atoms with van der Waals surface area (Å²) in [6.45, 7) is 9.15. The molecule has 1 heterocycles. The second kappa shape index (κ2) is 4.37. The van der Waals surface area contributed by atoms with Crippen molar-refractivity contribution in [3.8, 4) is 0 Å². The van der Waals surface area contributed by atoms with Gasteiger partial charge in [-0.15, -0.1) is 0 Å². The molecule has 2 rings (SSSR count). The quantitative estimate of drug-likeness (QED) is 0.439. The summed E-state index contributed by atoms with van der Waals surface area (Å²) >= 11 is 0. The molecular weight excluding hydrogens is 196 g/mol. The third-order valence-electron chi connectivity index (χ3n) is 3.88. The van der Waals surface area contributed by atoms with Crippen molar-refractivity contribution >= 4 is 0 Å². The van der Waals surface area contributed by atoms with Crippen LogP contribution in [0.25, 0.3) is 0 Å². The van der Waals surface area contributed by atoms with Crippen molar-refractivity contribution in [2.24, 2.45) is 5.41 Å². The molecule has 1 aliphatic heterocycles. The van der Waals surface area contributed by atoms with Crippen LogP contribution in [0.3, 0.4) is 0 Å². The first-order valence-corrected chi connectivity index (χ1v) is 6.46. The molecule has 0 aromatic carbocycles. The van der Waals surface area contributed by atoms with Crippen molar-refractivity contribution in [1.29, 1.82) is 0 Å². The molecule has 16 heavy (non-hydrogen) atoms. The topological polar surface area (TPSA) is 12.5 Å². The van der Waals surface area contributed by atoms with Gasteiger partial charge in [0, 0.05) is 0 Å². The monoisotopic (exact) mass is 220 g/mol. The SMILES string of the molecule is C/C1=C/CC(C)(C)C2OC2C/C(C)=C\CC1. The molecular formula is C15H24O. The van der Waals surface area contributed by atoms with Gasteiger partial charge >= 0.3 is 0 Å². The molecule has 2 unspecified atom stereocenters. The zero-order valence-corrected chi connectivity index (χ0v) is 11.0. The number of fused-ring (bicyclic) bond motifs is 1. The van der Waals surface area contributed by atoms with E-state index < -0.39 is 0 Å². The predicted octanol–water partition coefficient (Wildman–Crippen LogP) is 4.25. The molecule has 0 aromatic heterocycles. The van der Waals surface area contributed by atoms with Gasteiger partial charge in [0.25, 0.3) is 0 Å². The minimum atomic E-state index is 0.302. The summed E-state index contributed by atoms with van der Waals surface area (Å²) in [7, 11) is 0. The molecule has 1 aliphatic carbocycles. The van der Waals surface area contributed by atoms with E-state index in [1.807, 2.05) is 0 Å². The third-order valence-corrected chi connectivity index (χ3v) is 3.88. The number of ether oxygens (including phenoxy) is 1.